The first-order chi connectivity index (χ1) is 9.61. The van der Waals surface area contributed by atoms with E-state index in [2.05, 4.69) is 47.4 Å². The fourth-order valence-electron chi connectivity index (χ4n) is 1.95. The van der Waals surface area contributed by atoms with Gasteiger partial charge in [0.25, 0.3) is 0 Å². The van der Waals surface area contributed by atoms with Gasteiger partial charge in [0.2, 0.25) is 0 Å². The molecule has 0 radical (unpaired) electrons. The summed E-state index contributed by atoms with van der Waals surface area (Å²) >= 11 is 0. The number of hydrogen-bond acceptors (Lipinski definition) is 2. The largest absolute Gasteiger partial charge is 0.356 e. The Balaban J connectivity index is 2.26. The fraction of sp³-hybridized carbons (Fsp3) is 0.625. The minimum Gasteiger partial charge on any atom is -0.356 e. The third-order valence-corrected chi connectivity index (χ3v) is 3.21. The van der Waals surface area contributed by atoms with Crippen molar-refractivity contribution < 1.29 is 0 Å². The Morgan fingerprint density at radius 3 is 2.70 bits per heavy atom. The summed E-state index contributed by atoms with van der Waals surface area (Å²) < 4.78 is 0. The second-order valence-corrected chi connectivity index (χ2v) is 5.63. The Labute approximate surface area is 123 Å². The Bertz CT molecular complexity index is 387. The molecule has 1 aromatic heterocycles. The van der Waals surface area contributed by atoms with Gasteiger partial charge in [-0.2, -0.15) is 0 Å². The molecular formula is C16H28N4. The lowest BCUT2D eigenvalue weighted by Crippen LogP contribution is -2.43. The number of aliphatic imine (C=N–C) groups is 1. The zero-order chi connectivity index (χ0) is 14.8. The first-order valence-corrected chi connectivity index (χ1v) is 7.48. The van der Waals surface area contributed by atoms with Crippen molar-refractivity contribution in [1.29, 1.82) is 0 Å². The second-order valence-electron chi connectivity index (χ2n) is 5.63. The minimum absolute atomic E-state index is 0.446. The molecule has 1 heterocycles. The van der Waals surface area contributed by atoms with E-state index in [-0.39, 0.29) is 0 Å². The highest BCUT2D eigenvalue weighted by Crippen LogP contribution is 2.06. The minimum atomic E-state index is 0.446. The molecular weight excluding hydrogens is 248 g/mol. The SMILES string of the molecule is CN=C(NCCc1cccnc1)NC(C)CCC(C)C. The Morgan fingerprint density at radius 1 is 1.30 bits per heavy atom. The zero-order valence-corrected chi connectivity index (χ0v) is 13.2. The van der Waals surface area contributed by atoms with E-state index in [4.69, 9.17) is 0 Å². The molecule has 0 fully saturated rings. The molecule has 0 saturated heterocycles. The molecule has 0 spiro atoms. The van der Waals surface area contributed by atoms with Crippen molar-refractivity contribution in [2.24, 2.45) is 10.9 Å². The van der Waals surface area contributed by atoms with Crippen molar-refractivity contribution in [2.75, 3.05) is 13.6 Å². The molecule has 4 nitrogen and oxygen atoms in total. The number of pyridine rings is 1. The molecule has 20 heavy (non-hydrogen) atoms. The van der Waals surface area contributed by atoms with E-state index in [0.717, 1.165) is 24.8 Å². The van der Waals surface area contributed by atoms with Gasteiger partial charge in [-0.3, -0.25) is 9.98 Å². The van der Waals surface area contributed by atoms with Crippen LogP contribution in [0.3, 0.4) is 0 Å². The van der Waals surface area contributed by atoms with Gasteiger partial charge in [0, 0.05) is 32.0 Å². The smallest absolute Gasteiger partial charge is 0.191 e. The summed E-state index contributed by atoms with van der Waals surface area (Å²) in [7, 11) is 1.81. The predicted molar refractivity (Wildman–Crippen MR) is 86.0 cm³/mol. The van der Waals surface area contributed by atoms with Gasteiger partial charge in [0.15, 0.2) is 5.96 Å². The van der Waals surface area contributed by atoms with Crippen LogP contribution in [-0.2, 0) is 6.42 Å². The maximum Gasteiger partial charge on any atom is 0.191 e. The molecule has 0 saturated carbocycles. The van der Waals surface area contributed by atoms with Crippen LogP contribution in [0, 0.1) is 5.92 Å². The van der Waals surface area contributed by atoms with Gasteiger partial charge >= 0.3 is 0 Å². The van der Waals surface area contributed by atoms with E-state index >= 15 is 0 Å². The van der Waals surface area contributed by atoms with Crippen LogP contribution in [0.2, 0.25) is 0 Å². The first-order valence-electron chi connectivity index (χ1n) is 7.48. The van der Waals surface area contributed by atoms with E-state index in [1.165, 1.54) is 18.4 Å². The standard InChI is InChI=1S/C16H28N4/c1-13(2)7-8-14(3)20-16(17-4)19-11-9-15-6-5-10-18-12-15/h5-6,10,12-14H,7-9,11H2,1-4H3,(H2,17,19,20). The van der Waals surface area contributed by atoms with E-state index in [1.54, 1.807) is 6.20 Å². The molecule has 1 aromatic rings. The molecule has 0 aliphatic heterocycles. The van der Waals surface area contributed by atoms with Gasteiger partial charge in [-0.1, -0.05) is 19.9 Å². The van der Waals surface area contributed by atoms with Crippen molar-refractivity contribution in [3.05, 3.63) is 30.1 Å². The van der Waals surface area contributed by atoms with Crippen LogP contribution in [0.25, 0.3) is 0 Å². The van der Waals surface area contributed by atoms with Gasteiger partial charge in [0.05, 0.1) is 0 Å². The quantitative estimate of drug-likeness (QED) is 0.594. The Hall–Kier alpha value is -1.58. The molecule has 4 heteroatoms. The van der Waals surface area contributed by atoms with Crippen molar-refractivity contribution in [2.45, 2.75) is 46.1 Å². The fourth-order valence-corrected chi connectivity index (χ4v) is 1.95. The van der Waals surface area contributed by atoms with Crippen LogP contribution in [-0.4, -0.2) is 30.6 Å². The van der Waals surface area contributed by atoms with Crippen molar-refractivity contribution in [1.82, 2.24) is 15.6 Å². The normalized spacial score (nSPS) is 13.3. The third kappa shape index (κ3) is 7.12. The number of rotatable bonds is 7. The topological polar surface area (TPSA) is 49.3 Å². The molecule has 1 rings (SSSR count). The summed E-state index contributed by atoms with van der Waals surface area (Å²) in [6.07, 6.45) is 7.06. The number of hydrogen-bond donors (Lipinski definition) is 2. The van der Waals surface area contributed by atoms with Crippen LogP contribution < -0.4 is 10.6 Å². The number of guanidine groups is 1. The van der Waals surface area contributed by atoms with Crippen molar-refractivity contribution in [3.8, 4) is 0 Å². The average Bonchev–Trinajstić information content (AvgIpc) is 2.45. The van der Waals surface area contributed by atoms with Gasteiger partial charge in [-0.15, -0.1) is 0 Å². The highest BCUT2D eigenvalue weighted by molar-refractivity contribution is 5.79. The summed E-state index contributed by atoms with van der Waals surface area (Å²) in [5, 5.41) is 6.78. The maximum absolute atomic E-state index is 4.27. The monoisotopic (exact) mass is 276 g/mol. The van der Waals surface area contributed by atoms with Crippen LogP contribution >= 0.6 is 0 Å². The van der Waals surface area contributed by atoms with Gasteiger partial charge in [-0.05, 0) is 43.7 Å². The Kier molecular flexibility index (Phi) is 7.70. The summed E-state index contributed by atoms with van der Waals surface area (Å²) in [5.74, 6) is 1.63. The molecule has 1 atom stereocenters. The number of aromatic nitrogens is 1. The van der Waals surface area contributed by atoms with Crippen LogP contribution in [0.15, 0.2) is 29.5 Å². The maximum atomic E-state index is 4.27. The number of nitrogens with one attached hydrogen (secondary N) is 2. The highest BCUT2D eigenvalue weighted by atomic mass is 15.2. The van der Waals surface area contributed by atoms with E-state index in [9.17, 15) is 0 Å². The van der Waals surface area contributed by atoms with Crippen LogP contribution in [0.1, 0.15) is 39.2 Å². The molecule has 0 amide bonds. The lowest BCUT2D eigenvalue weighted by atomic mass is 10.0. The lowest BCUT2D eigenvalue weighted by Gasteiger charge is -2.18. The van der Waals surface area contributed by atoms with Crippen molar-refractivity contribution >= 4 is 5.96 Å². The molecule has 0 aliphatic rings. The van der Waals surface area contributed by atoms with Gasteiger partial charge in [0.1, 0.15) is 0 Å². The summed E-state index contributed by atoms with van der Waals surface area (Å²) in [5.41, 5.74) is 1.24. The molecule has 0 bridgehead atoms. The average molecular weight is 276 g/mol. The van der Waals surface area contributed by atoms with Crippen molar-refractivity contribution in [3.63, 3.8) is 0 Å². The molecule has 1 unspecified atom stereocenters. The second kappa shape index (κ2) is 9.34. The van der Waals surface area contributed by atoms with Gasteiger partial charge < -0.3 is 10.6 Å². The third-order valence-electron chi connectivity index (χ3n) is 3.21. The van der Waals surface area contributed by atoms with Crippen LogP contribution in [0.5, 0.6) is 0 Å². The molecule has 112 valence electrons. The molecule has 2 N–H and O–H groups in total. The van der Waals surface area contributed by atoms with E-state index < -0.39 is 0 Å². The highest BCUT2D eigenvalue weighted by Gasteiger charge is 2.06. The molecule has 0 aliphatic carbocycles. The number of nitrogens with zero attached hydrogens (tertiary/aromatic N) is 2. The first kappa shape index (κ1) is 16.5. The van der Waals surface area contributed by atoms with Gasteiger partial charge in [-0.25, -0.2) is 0 Å². The van der Waals surface area contributed by atoms with E-state index in [1.807, 2.05) is 19.3 Å². The predicted octanol–water partition coefficient (Wildman–Crippen LogP) is 2.61. The van der Waals surface area contributed by atoms with E-state index in [0.29, 0.717) is 6.04 Å². The summed E-state index contributed by atoms with van der Waals surface area (Å²) in [6, 6.07) is 4.51. The van der Waals surface area contributed by atoms with Crippen LogP contribution in [0.4, 0.5) is 0 Å². The summed E-state index contributed by atoms with van der Waals surface area (Å²) in [6.45, 7) is 7.58. The Morgan fingerprint density at radius 2 is 2.10 bits per heavy atom. The molecule has 0 aromatic carbocycles. The zero-order valence-electron chi connectivity index (χ0n) is 13.2. The summed E-state index contributed by atoms with van der Waals surface area (Å²) in [4.78, 5) is 8.38. The lowest BCUT2D eigenvalue weighted by molar-refractivity contribution is 0.489.